The van der Waals surface area contributed by atoms with Gasteiger partial charge in [0.05, 0.1) is 0 Å². The summed E-state index contributed by atoms with van der Waals surface area (Å²) in [5, 5.41) is 0. The lowest BCUT2D eigenvalue weighted by Crippen LogP contribution is -2.40. The van der Waals surface area contributed by atoms with E-state index in [-0.39, 0.29) is 0 Å². The summed E-state index contributed by atoms with van der Waals surface area (Å²) in [4.78, 5) is 0. The first-order valence-electron chi connectivity index (χ1n) is 5.51. The van der Waals surface area contributed by atoms with Crippen LogP contribution in [-0.4, -0.2) is 0 Å². The quantitative estimate of drug-likeness (QED) is 0.552. The molecule has 0 N–H and O–H groups in total. The van der Waals surface area contributed by atoms with E-state index >= 15 is 0 Å². The molecule has 0 amide bonds. The van der Waals surface area contributed by atoms with Gasteiger partial charge >= 0.3 is 0 Å². The van der Waals surface area contributed by atoms with Gasteiger partial charge in [-0.2, -0.15) is 0 Å². The molecule has 76 valence electrons. The van der Waals surface area contributed by atoms with Crippen LogP contribution in [0.25, 0.3) is 0 Å². The fourth-order valence-electron chi connectivity index (χ4n) is 3.21. The second-order valence-corrected chi connectivity index (χ2v) is 5.91. The largest absolute Gasteiger partial charge is 0.103 e. The van der Waals surface area contributed by atoms with Crippen molar-refractivity contribution < 1.29 is 0 Å². The third kappa shape index (κ3) is 2.15. The van der Waals surface area contributed by atoms with Gasteiger partial charge in [-0.25, -0.2) is 0 Å². The van der Waals surface area contributed by atoms with Gasteiger partial charge in [0.2, 0.25) is 0 Å². The molecule has 0 spiro atoms. The minimum Gasteiger partial charge on any atom is -0.103 e. The van der Waals surface area contributed by atoms with Crippen molar-refractivity contribution in [3.63, 3.8) is 0 Å². The summed E-state index contributed by atoms with van der Waals surface area (Å²) in [5.74, 6) is 0.811. The molecule has 0 radical (unpaired) electrons. The van der Waals surface area contributed by atoms with Gasteiger partial charge in [0, 0.05) is 0 Å². The van der Waals surface area contributed by atoms with E-state index in [4.69, 9.17) is 0 Å². The normalized spacial score (nSPS) is 27.1. The number of allylic oxidation sites excluding steroid dienone is 1. The van der Waals surface area contributed by atoms with Gasteiger partial charge in [0.25, 0.3) is 0 Å². The number of hydrogen-bond acceptors (Lipinski definition) is 0. The first-order chi connectivity index (χ1) is 5.90. The van der Waals surface area contributed by atoms with Crippen molar-refractivity contribution in [2.45, 2.75) is 53.4 Å². The molecule has 0 aromatic heterocycles. The van der Waals surface area contributed by atoms with Gasteiger partial charge in [-0.05, 0) is 36.0 Å². The minimum atomic E-state index is 0.510. The molecule has 1 rings (SSSR count). The van der Waals surface area contributed by atoms with Crippen molar-refractivity contribution in [2.75, 3.05) is 0 Å². The summed E-state index contributed by atoms with van der Waals surface area (Å²) in [7, 11) is 0. The van der Waals surface area contributed by atoms with Gasteiger partial charge in [0.15, 0.2) is 0 Å². The molecule has 13 heavy (non-hydrogen) atoms. The predicted octanol–water partition coefficient (Wildman–Crippen LogP) is 4.42. The molecule has 0 saturated heterocycles. The molecule has 1 aliphatic carbocycles. The maximum absolute atomic E-state index is 3.89. The lowest BCUT2D eigenvalue weighted by Gasteiger charge is -2.49. The van der Waals surface area contributed by atoms with Gasteiger partial charge < -0.3 is 0 Å². The zero-order chi connectivity index (χ0) is 10.1. The second-order valence-electron chi connectivity index (χ2n) is 5.91. The van der Waals surface area contributed by atoms with Crippen molar-refractivity contribution in [1.29, 1.82) is 0 Å². The maximum Gasteiger partial charge on any atom is -0.0277 e. The van der Waals surface area contributed by atoms with Crippen LogP contribution in [0.15, 0.2) is 12.7 Å². The van der Waals surface area contributed by atoms with Crippen LogP contribution in [0, 0.1) is 16.7 Å². The van der Waals surface area contributed by atoms with E-state index in [0.717, 1.165) is 5.92 Å². The Morgan fingerprint density at radius 2 is 1.62 bits per heavy atom. The molecule has 0 unspecified atom stereocenters. The molecule has 1 aliphatic rings. The van der Waals surface area contributed by atoms with E-state index in [2.05, 4.69) is 40.3 Å². The molecule has 0 nitrogen and oxygen atoms in total. The van der Waals surface area contributed by atoms with Crippen LogP contribution in [0.5, 0.6) is 0 Å². The van der Waals surface area contributed by atoms with Crippen LogP contribution in [-0.2, 0) is 0 Å². The highest BCUT2D eigenvalue weighted by Crippen LogP contribution is 2.52. The van der Waals surface area contributed by atoms with Crippen LogP contribution in [0.4, 0.5) is 0 Å². The van der Waals surface area contributed by atoms with Crippen molar-refractivity contribution in [2.24, 2.45) is 16.7 Å². The fourth-order valence-corrected chi connectivity index (χ4v) is 3.21. The highest BCUT2D eigenvalue weighted by atomic mass is 14.5. The molecular weight excluding hydrogens is 156 g/mol. The van der Waals surface area contributed by atoms with Crippen molar-refractivity contribution >= 4 is 0 Å². The van der Waals surface area contributed by atoms with Crippen LogP contribution >= 0.6 is 0 Å². The average Bonchev–Trinajstić information content (AvgIpc) is 1.96. The Morgan fingerprint density at radius 3 is 2.00 bits per heavy atom. The van der Waals surface area contributed by atoms with Crippen molar-refractivity contribution in [3.8, 4) is 0 Å². The first kappa shape index (κ1) is 10.8. The van der Waals surface area contributed by atoms with Crippen molar-refractivity contribution in [3.05, 3.63) is 12.7 Å². The van der Waals surface area contributed by atoms with E-state index in [0.29, 0.717) is 10.8 Å². The lowest BCUT2D eigenvalue weighted by atomic mass is 9.56. The SMILES string of the molecule is C=CCC1C(C)(C)CCCC1(C)C. The van der Waals surface area contributed by atoms with Gasteiger partial charge in [-0.1, -0.05) is 40.2 Å². The highest BCUT2D eigenvalue weighted by molar-refractivity contribution is 4.95. The third-order valence-electron chi connectivity index (χ3n) is 3.93. The fraction of sp³-hybridized carbons (Fsp3) is 0.846. The maximum atomic E-state index is 3.89. The summed E-state index contributed by atoms with van der Waals surface area (Å²) in [6.07, 6.45) is 7.44. The van der Waals surface area contributed by atoms with E-state index in [1.54, 1.807) is 0 Å². The van der Waals surface area contributed by atoms with E-state index in [1.165, 1.54) is 25.7 Å². The predicted molar refractivity (Wildman–Crippen MR) is 59.7 cm³/mol. The Hall–Kier alpha value is -0.260. The topological polar surface area (TPSA) is 0 Å². The van der Waals surface area contributed by atoms with Gasteiger partial charge in [-0.3, -0.25) is 0 Å². The third-order valence-corrected chi connectivity index (χ3v) is 3.93. The van der Waals surface area contributed by atoms with Crippen LogP contribution in [0.1, 0.15) is 53.4 Å². The number of rotatable bonds is 2. The summed E-state index contributed by atoms with van der Waals surface area (Å²) < 4.78 is 0. The highest BCUT2D eigenvalue weighted by Gasteiger charge is 2.42. The standard InChI is InChI=1S/C13H24/c1-6-8-11-12(2,3)9-7-10-13(11,4)5/h6,11H,1,7-10H2,2-5H3. The zero-order valence-electron chi connectivity index (χ0n) is 9.69. The Labute approximate surface area is 83.4 Å². The molecule has 1 saturated carbocycles. The Balaban J connectivity index is 2.83. The molecular formula is C13H24. The molecule has 0 aromatic rings. The summed E-state index contributed by atoms with van der Waals surface area (Å²) in [6.45, 7) is 13.6. The van der Waals surface area contributed by atoms with Crippen LogP contribution in [0.2, 0.25) is 0 Å². The Kier molecular flexibility index (Phi) is 2.89. The molecule has 0 bridgehead atoms. The molecule has 1 fully saturated rings. The summed E-state index contributed by atoms with van der Waals surface area (Å²) >= 11 is 0. The first-order valence-corrected chi connectivity index (χ1v) is 5.51. The molecule has 0 aromatic carbocycles. The van der Waals surface area contributed by atoms with Crippen LogP contribution in [0.3, 0.4) is 0 Å². The average molecular weight is 180 g/mol. The van der Waals surface area contributed by atoms with E-state index in [1.807, 2.05) is 0 Å². The minimum absolute atomic E-state index is 0.510. The Bertz CT molecular complexity index is 170. The monoisotopic (exact) mass is 180 g/mol. The van der Waals surface area contributed by atoms with Gasteiger partial charge in [-0.15, -0.1) is 6.58 Å². The summed E-state index contributed by atoms with van der Waals surface area (Å²) in [6, 6.07) is 0. The Morgan fingerprint density at radius 1 is 1.15 bits per heavy atom. The molecule has 0 heteroatoms. The zero-order valence-corrected chi connectivity index (χ0v) is 9.69. The second kappa shape index (κ2) is 3.48. The van der Waals surface area contributed by atoms with E-state index in [9.17, 15) is 0 Å². The van der Waals surface area contributed by atoms with E-state index < -0.39 is 0 Å². The summed E-state index contributed by atoms with van der Waals surface area (Å²) in [5.41, 5.74) is 1.02. The van der Waals surface area contributed by atoms with Gasteiger partial charge in [0.1, 0.15) is 0 Å². The van der Waals surface area contributed by atoms with Crippen molar-refractivity contribution in [1.82, 2.24) is 0 Å². The molecule has 0 heterocycles. The molecule has 0 atom stereocenters. The number of hydrogen-bond donors (Lipinski definition) is 0. The van der Waals surface area contributed by atoms with Crippen LogP contribution < -0.4 is 0 Å². The molecule has 0 aliphatic heterocycles. The smallest absolute Gasteiger partial charge is 0.0277 e. The lowest BCUT2D eigenvalue weighted by molar-refractivity contribution is 0.0169.